The summed E-state index contributed by atoms with van der Waals surface area (Å²) in [6, 6.07) is 0. The number of carbonyl (C=O) groups excluding carboxylic acids is 1. The summed E-state index contributed by atoms with van der Waals surface area (Å²) in [7, 11) is 0. The number of hydrogen-bond donors (Lipinski definition) is 0. The van der Waals surface area contributed by atoms with Gasteiger partial charge < -0.3 is 0 Å². The van der Waals surface area contributed by atoms with Gasteiger partial charge in [0.1, 0.15) is 5.78 Å². The van der Waals surface area contributed by atoms with Crippen molar-refractivity contribution in [2.45, 2.75) is 32.1 Å². The lowest BCUT2D eigenvalue weighted by atomic mass is 9.96. The van der Waals surface area contributed by atoms with Gasteiger partial charge in [0.2, 0.25) is 0 Å². The van der Waals surface area contributed by atoms with E-state index in [4.69, 9.17) is 11.6 Å². The van der Waals surface area contributed by atoms with E-state index in [9.17, 15) is 4.79 Å². The Morgan fingerprint density at radius 2 is 2.14 bits per heavy atom. The van der Waals surface area contributed by atoms with Crippen LogP contribution in [0.3, 0.4) is 0 Å². The number of alkyl halides is 2. The molecule has 0 radical (unpaired) electrons. The van der Waals surface area contributed by atoms with Gasteiger partial charge in [0, 0.05) is 12.3 Å². The SMILES string of the molecule is C=C[C@@H](CCCCCl)CCC(=O)CBr. The third-order valence-electron chi connectivity index (χ3n) is 2.23. The summed E-state index contributed by atoms with van der Waals surface area (Å²) in [5.41, 5.74) is 0. The maximum absolute atomic E-state index is 11.1. The Kier molecular flexibility index (Phi) is 9.85. The Morgan fingerprint density at radius 3 is 2.64 bits per heavy atom. The van der Waals surface area contributed by atoms with Crippen LogP contribution in [0.2, 0.25) is 0 Å². The van der Waals surface area contributed by atoms with Crippen LogP contribution < -0.4 is 0 Å². The first-order valence-electron chi connectivity index (χ1n) is 5.00. The molecule has 0 amide bonds. The van der Waals surface area contributed by atoms with Crippen molar-refractivity contribution in [3.8, 4) is 0 Å². The van der Waals surface area contributed by atoms with Crippen molar-refractivity contribution in [3.63, 3.8) is 0 Å². The van der Waals surface area contributed by atoms with Crippen LogP contribution in [-0.2, 0) is 4.79 Å². The van der Waals surface area contributed by atoms with Crippen LogP contribution in [0.15, 0.2) is 12.7 Å². The second-order valence-corrected chi connectivity index (χ2v) is 4.33. The first-order valence-corrected chi connectivity index (χ1v) is 6.66. The zero-order valence-corrected chi connectivity index (χ0v) is 10.8. The van der Waals surface area contributed by atoms with Crippen molar-refractivity contribution < 1.29 is 4.79 Å². The van der Waals surface area contributed by atoms with Crippen molar-refractivity contribution in [2.24, 2.45) is 5.92 Å². The number of hydrogen-bond acceptors (Lipinski definition) is 1. The molecule has 0 rings (SSSR count). The van der Waals surface area contributed by atoms with Crippen molar-refractivity contribution in [2.75, 3.05) is 11.2 Å². The van der Waals surface area contributed by atoms with Crippen LogP contribution in [0.25, 0.3) is 0 Å². The Labute approximate surface area is 100 Å². The molecule has 0 spiro atoms. The van der Waals surface area contributed by atoms with Gasteiger partial charge in [-0.15, -0.1) is 18.2 Å². The predicted octanol–water partition coefficient (Wildman–Crippen LogP) is 3.94. The molecule has 0 bridgehead atoms. The summed E-state index contributed by atoms with van der Waals surface area (Å²) >= 11 is 8.75. The van der Waals surface area contributed by atoms with Gasteiger partial charge in [-0.1, -0.05) is 28.4 Å². The first-order chi connectivity index (χ1) is 6.74. The number of Topliss-reactive ketones (excluding diaryl/α,β-unsaturated/α-hetero) is 1. The molecule has 0 fully saturated rings. The molecule has 0 aliphatic rings. The molecule has 0 N–H and O–H groups in total. The average molecular weight is 282 g/mol. The fraction of sp³-hybridized carbons (Fsp3) is 0.727. The molecule has 0 aromatic carbocycles. The Hall–Kier alpha value is 0.180. The average Bonchev–Trinajstić information content (AvgIpc) is 2.22. The summed E-state index contributed by atoms with van der Waals surface area (Å²) in [5, 5.41) is 0.471. The second kappa shape index (κ2) is 9.72. The lowest BCUT2D eigenvalue weighted by molar-refractivity contribution is -0.116. The lowest BCUT2D eigenvalue weighted by Crippen LogP contribution is -2.04. The fourth-order valence-corrected chi connectivity index (χ4v) is 1.76. The second-order valence-electron chi connectivity index (χ2n) is 3.39. The monoisotopic (exact) mass is 280 g/mol. The van der Waals surface area contributed by atoms with Gasteiger partial charge in [0.15, 0.2) is 0 Å². The molecule has 0 aliphatic heterocycles. The molecule has 3 heteroatoms. The molecule has 0 aromatic heterocycles. The van der Waals surface area contributed by atoms with E-state index >= 15 is 0 Å². The van der Waals surface area contributed by atoms with Crippen LogP contribution in [0, 0.1) is 5.92 Å². The van der Waals surface area contributed by atoms with Crippen molar-refractivity contribution in [1.82, 2.24) is 0 Å². The molecule has 82 valence electrons. The Bertz CT molecular complexity index is 171. The summed E-state index contributed by atoms with van der Waals surface area (Å²) < 4.78 is 0. The van der Waals surface area contributed by atoms with Gasteiger partial charge in [0.05, 0.1) is 5.33 Å². The van der Waals surface area contributed by atoms with Crippen molar-refractivity contribution >= 4 is 33.3 Å². The normalized spacial score (nSPS) is 12.4. The fourth-order valence-electron chi connectivity index (χ4n) is 1.29. The number of rotatable bonds is 9. The lowest BCUT2D eigenvalue weighted by Gasteiger charge is -2.10. The molecular formula is C11H18BrClO. The quantitative estimate of drug-likeness (QED) is 0.355. The van der Waals surface area contributed by atoms with Crippen LogP contribution in [0.5, 0.6) is 0 Å². The molecule has 0 saturated carbocycles. The smallest absolute Gasteiger partial charge is 0.143 e. The molecule has 0 aromatic rings. The van der Waals surface area contributed by atoms with E-state index in [2.05, 4.69) is 22.5 Å². The van der Waals surface area contributed by atoms with Gasteiger partial charge in [-0.05, 0) is 25.2 Å². The highest BCUT2D eigenvalue weighted by Gasteiger charge is 2.06. The van der Waals surface area contributed by atoms with E-state index in [1.165, 1.54) is 0 Å². The topological polar surface area (TPSA) is 17.1 Å². The zero-order chi connectivity index (χ0) is 10.8. The van der Waals surface area contributed by atoms with E-state index < -0.39 is 0 Å². The number of halogens is 2. The maximum atomic E-state index is 11.1. The molecule has 0 unspecified atom stereocenters. The Balaban J connectivity index is 3.57. The summed E-state index contributed by atoms with van der Waals surface area (Å²) in [4.78, 5) is 11.1. The molecule has 0 saturated heterocycles. The standard InChI is InChI=1S/C11H18BrClO/c1-2-10(5-3-4-8-13)6-7-11(14)9-12/h2,10H,1,3-9H2/t10-/m0/s1. The number of allylic oxidation sites excluding steroid dienone is 1. The minimum atomic E-state index is 0.272. The third-order valence-corrected chi connectivity index (χ3v) is 3.13. The maximum Gasteiger partial charge on any atom is 0.143 e. The molecule has 1 nitrogen and oxygen atoms in total. The van der Waals surface area contributed by atoms with Gasteiger partial charge in [-0.3, -0.25) is 4.79 Å². The molecule has 0 heterocycles. The highest BCUT2D eigenvalue weighted by molar-refractivity contribution is 9.09. The molecule has 14 heavy (non-hydrogen) atoms. The van der Waals surface area contributed by atoms with E-state index in [-0.39, 0.29) is 5.78 Å². The van der Waals surface area contributed by atoms with Crippen LogP contribution >= 0.6 is 27.5 Å². The van der Waals surface area contributed by atoms with Crippen LogP contribution in [0.4, 0.5) is 0 Å². The van der Waals surface area contributed by atoms with Crippen LogP contribution in [-0.4, -0.2) is 17.0 Å². The highest BCUT2D eigenvalue weighted by atomic mass is 79.9. The van der Waals surface area contributed by atoms with Gasteiger partial charge >= 0.3 is 0 Å². The largest absolute Gasteiger partial charge is 0.299 e. The van der Waals surface area contributed by atoms with Crippen molar-refractivity contribution in [3.05, 3.63) is 12.7 Å². The van der Waals surface area contributed by atoms with Crippen molar-refractivity contribution in [1.29, 1.82) is 0 Å². The first kappa shape index (κ1) is 14.2. The number of ketones is 1. The van der Waals surface area contributed by atoms with E-state index in [0.29, 0.717) is 17.7 Å². The summed E-state index contributed by atoms with van der Waals surface area (Å²) in [6.07, 6.45) is 6.82. The van der Waals surface area contributed by atoms with E-state index in [1.807, 2.05) is 6.08 Å². The summed E-state index contributed by atoms with van der Waals surface area (Å²) in [5.74, 6) is 1.47. The number of carbonyl (C=O) groups is 1. The van der Waals surface area contributed by atoms with E-state index in [0.717, 1.165) is 31.6 Å². The zero-order valence-electron chi connectivity index (χ0n) is 8.48. The molecular weight excluding hydrogens is 263 g/mol. The predicted molar refractivity (Wildman–Crippen MR) is 66.3 cm³/mol. The van der Waals surface area contributed by atoms with E-state index in [1.54, 1.807) is 0 Å². The van der Waals surface area contributed by atoms with Crippen LogP contribution in [0.1, 0.15) is 32.1 Å². The molecule has 1 atom stereocenters. The van der Waals surface area contributed by atoms with Gasteiger partial charge in [0.25, 0.3) is 0 Å². The minimum Gasteiger partial charge on any atom is -0.299 e. The number of unbranched alkanes of at least 4 members (excludes halogenated alkanes) is 1. The van der Waals surface area contributed by atoms with Gasteiger partial charge in [-0.2, -0.15) is 0 Å². The molecule has 0 aliphatic carbocycles. The Morgan fingerprint density at radius 1 is 1.43 bits per heavy atom. The minimum absolute atomic E-state index is 0.272. The highest BCUT2D eigenvalue weighted by Crippen LogP contribution is 2.16. The van der Waals surface area contributed by atoms with Gasteiger partial charge in [-0.25, -0.2) is 0 Å². The summed E-state index contributed by atoms with van der Waals surface area (Å²) in [6.45, 7) is 3.79. The third kappa shape index (κ3) is 7.57.